The Bertz CT molecular complexity index is 1900. The molecule has 192 valence electrons. The van der Waals surface area contributed by atoms with Crippen molar-refractivity contribution in [1.82, 2.24) is 0 Å². The summed E-state index contributed by atoms with van der Waals surface area (Å²) in [5.74, 6) is 1.68. The summed E-state index contributed by atoms with van der Waals surface area (Å²) in [5, 5.41) is 25.6. The molecule has 0 fully saturated rings. The molecule has 0 radical (unpaired) electrons. The van der Waals surface area contributed by atoms with E-state index >= 15 is 0 Å². The average Bonchev–Trinajstić information content (AvgIpc) is 2.93. The van der Waals surface area contributed by atoms with Crippen molar-refractivity contribution in [2.75, 3.05) is 0 Å². The number of phenolic OH excluding ortho intramolecular Hbond substituents is 2. The SMILES string of the molecule is Cc1ccc(-c2ccc3ccc(Oc4ccc5cccc(O)c5c4-c4ccc(C)c(C)c4)cc3c2O)cc1C. The van der Waals surface area contributed by atoms with E-state index in [1.165, 1.54) is 22.3 Å². The minimum absolute atomic E-state index is 0.209. The fraction of sp³-hybridized carbons (Fsp3) is 0.111. The van der Waals surface area contributed by atoms with Crippen LogP contribution in [0.4, 0.5) is 0 Å². The molecule has 0 aromatic heterocycles. The molecule has 2 N–H and O–H groups in total. The molecule has 0 bridgehead atoms. The van der Waals surface area contributed by atoms with Gasteiger partial charge in [0.2, 0.25) is 0 Å². The highest BCUT2D eigenvalue weighted by molar-refractivity contribution is 6.04. The quantitative estimate of drug-likeness (QED) is 0.248. The van der Waals surface area contributed by atoms with Crippen LogP contribution in [0.15, 0.2) is 97.1 Å². The predicted molar refractivity (Wildman–Crippen MR) is 161 cm³/mol. The van der Waals surface area contributed by atoms with Crippen LogP contribution >= 0.6 is 0 Å². The third kappa shape index (κ3) is 4.36. The average molecular weight is 511 g/mol. The minimum atomic E-state index is 0.209. The second kappa shape index (κ2) is 9.52. The number of rotatable bonds is 4. The Kier molecular flexibility index (Phi) is 6.00. The predicted octanol–water partition coefficient (Wildman–Crippen LogP) is 9.76. The summed E-state index contributed by atoms with van der Waals surface area (Å²) >= 11 is 0. The third-order valence-corrected chi connectivity index (χ3v) is 7.79. The molecule has 0 saturated heterocycles. The number of ether oxygens (including phenoxy) is 1. The Morgan fingerprint density at radius 2 is 1.23 bits per heavy atom. The summed E-state index contributed by atoms with van der Waals surface area (Å²) in [4.78, 5) is 0. The number of hydrogen-bond donors (Lipinski definition) is 2. The van der Waals surface area contributed by atoms with E-state index in [4.69, 9.17) is 4.74 Å². The van der Waals surface area contributed by atoms with Crippen molar-refractivity contribution < 1.29 is 14.9 Å². The first-order chi connectivity index (χ1) is 18.8. The van der Waals surface area contributed by atoms with Gasteiger partial charge in [-0.05, 0) is 96.1 Å². The zero-order valence-corrected chi connectivity index (χ0v) is 22.5. The molecule has 6 aromatic carbocycles. The Labute approximate surface area is 228 Å². The van der Waals surface area contributed by atoms with Gasteiger partial charge in [0.25, 0.3) is 0 Å². The van der Waals surface area contributed by atoms with Crippen molar-refractivity contribution in [3.63, 3.8) is 0 Å². The number of aromatic hydroxyl groups is 2. The third-order valence-electron chi connectivity index (χ3n) is 7.79. The first kappa shape index (κ1) is 24.6. The Balaban J connectivity index is 1.50. The highest BCUT2D eigenvalue weighted by Crippen LogP contribution is 2.44. The fourth-order valence-corrected chi connectivity index (χ4v) is 5.22. The van der Waals surface area contributed by atoms with E-state index in [0.29, 0.717) is 11.5 Å². The maximum atomic E-state index is 11.3. The van der Waals surface area contributed by atoms with Gasteiger partial charge in [-0.15, -0.1) is 0 Å². The van der Waals surface area contributed by atoms with Crippen LogP contribution in [0.25, 0.3) is 43.8 Å². The molecule has 3 nitrogen and oxygen atoms in total. The highest BCUT2D eigenvalue weighted by Gasteiger charge is 2.17. The highest BCUT2D eigenvalue weighted by atomic mass is 16.5. The van der Waals surface area contributed by atoms with Crippen LogP contribution in [0.5, 0.6) is 23.0 Å². The van der Waals surface area contributed by atoms with Gasteiger partial charge in [0.15, 0.2) is 0 Å². The largest absolute Gasteiger partial charge is 0.507 e. The maximum Gasteiger partial charge on any atom is 0.136 e. The number of phenols is 2. The lowest BCUT2D eigenvalue weighted by molar-refractivity contribution is 0.476. The summed E-state index contributed by atoms with van der Waals surface area (Å²) < 4.78 is 6.52. The van der Waals surface area contributed by atoms with Gasteiger partial charge in [0.05, 0.1) is 0 Å². The second-order valence-electron chi connectivity index (χ2n) is 10.4. The van der Waals surface area contributed by atoms with E-state index in [-0.39, 0.29) is 11.5 Å². The van der Waals surface area contributed by atoms with E-state index < -0.39 is 0 Å². The first-order valence-corrected chi connectivity index (χ1v) is 13.1. The van der Waals surface area contributed by atoms with Crippen molar-refractivity contribution in [2.24, 2.45) is 0 Å². The summed E-state index contributed by atoms with van der Waals surface area (Å²) in [6.07, 6.45) is 0. The van der Waals surface area contributed by atoms with Gasteiger partial charge in [-0.25, -0.2) is 0 Å². The lowest BCUT2D eigenvalue weighted by Crippen LogP contribution is -1.92. The summed E-state index contributed by atoms with van der Waals surface area (Å²) in [5.41, 5.74) is 8.34. The van der Waals surface area contributed by atoms with Crippen molar-refractivity contribution >= 4 is 21.5 Å². The Morgan fingerprint density at radius 3 is 1.97 bits per heavy atom. The van der Waals surface area contributed by atoms with Gasteiger partial charge in [-0.1, -0.05) is 72.8 Å². The molecule has 39 heavy (non-hydrogen) atoms. The molecule has 0 aliphatic carbocycles. The molecule has 0 aliphatic rings. The minimum Gasteiger partial charge on any atom is -0.507 e. The Hall–Kier alpha value is -4.76. The molecule has 0 aliphatic heterocycles. The van der Waals surface area contributed by atoms with Crippen LogP contribution in [0.3, 0.4) is 0 Å². The number of hydrogen-bond acceptors (Lipinski definition) is 3. The zero-order chi connectivity index (χ0) is 27.3. The molecular formula is C36H30O3. The van der Waals surface area contributed by atoms with Gasteiger partial charge >= 0.3 is 0 Å². The molecule has 0 amide bonds. The second-order valence-corrected chi connectivity index (χ2v) is 10.4. The fourth-order valence-electron chi connectivity index (χ4n) is 5.22. The van der Waals surface area contributed by atoms with Crippen molar-refractivity contribution in [3.05, 3.63) is 119 Å². The van der Waals surface area contributed by atoms with Crippen molar-refractivity contribution in [2.45, 2.75) is 27.7 Å². The number of benzene rings is 6. The van der Waals surface area contributed by atoms with E-state index in [0.717, 1.165) is 43.8 Å². The van der Waals surface area contributed by atoms with Crippen molar-refractivity contribution in [1.29, 1.82) is 0 Å². The van der Waals surface area contributed by atoms with Crippen LogP contribution < -0.4 is 4.74 Å². The number of fused-ring (bicyclic) bond motifs is 2. The van der Waals surface area contributed by atoms with Crippen LogP contribution in [-0.2, 0) is 0 Å². The maximum absolute atomic E-state index is 11.3. The molecule has 0 heterocycles. The number of aryl methyl sites for hydroxylation is 4. The zero-order valence-electron chi connectivity index (χ0n) is 22.5. The van der Waals surface area contributed by atoms with E-state index in [1.54, 1.807) is 6.07 Å². The van der Waals surface area contributed by atoms with Crippen molar-refractivity contribution in [3.8, 4) is 45.3 Å². The monoisotopic (exact) mass is 510 g/mol. The lowest BCUT2D eigenvalue weighted by Gasteiger charge is -2.17. The van der Waals surface area contributed by atoms with E-state index in [1.807, 2.05) is 60.7 Å². The molecule has 0 spiro atoms. The van der Waals surface area contributed by atoms with Gasteiger partial charge in [-0.3, -0.25) is 0 Å². The van der Waals surface area contributed by atoms with Gasteiger partial charge in [0.1, 0.15) is 23.0 Å². The Morgan fingerprint density at radius 1 is 0.564 bits per heavy atom. The van der Waals surface area contributed by atoms with Gasteiger partial charge in [-0.2, -0.15) is 0 Å². The molecule has 0 saturated carbocycles. The smallest absolute Gasteiger partial charge is 0.136 e. The molecule has 0 atom stereocenters. The molecule has 3 heteroatoms. The van der Waals surface area contributed by atoms with E-state index in [2.05, 4.69) is 58.0 Å². The molecule has 6 aromatic rings. The summed E-state index contributed by atoms with van der Waals surface area (Å²) in [6, 6.07) is 31.7. The van der Waals surface area contributed by atoms with Crippen LogP contribution in [0.1, 0.15) is 22.3 Å². The summed E-state index contributed by atoms with van der Waals surface area (Å²) in [6.45, 7) is 8.34. The van der Waals surface area contributed by atoms with E-state index in [9.17, 15) is 10.2 Å². The molecule has 6 rings (SSSR count). The first-order valence-electron chi connectivity index (χ1n) is 13.1. The van der Waals surface area contributed by atoms with Crippen LogP contribution in [0, 0.1) is 27.7 Å². The normalized spacial score (nSPS) is 11.3. The van der Waals surface area contributed by atoms with Crippen LogP contribution in [0.2, 0.25) is 0 Å². The summed E-state index contributed by atoms with van der Waals surface area (Å²) in [7, 11) is 0. The van der Waals surface area contributed by atoms with Crippen LogP contribution in [-0.4, -0.2) is 10.2 Å². The lowest BCUT2D eigenvalue weighted by atomic mass is 9.94. The standard InChI is InChI=1S/C36H30O3/c1-21-8-10-27(18-23(21)3)30-16-13-25-12-15-29(20-31(25)36(30)38)39-33-17-14-26-6-5-7-32(37)34(26)35(33)28-11-9-22(2)24(4)19-28/h5-20,37-38H,1-4H3. The molecule has 0 unspecified atom stereocenters. The topological polar surface area (TPSA) is 49.7 Å². The van der Waals surface area contributed by atoms with Gasteiger partial charge < -0.3 is 14.9 Å². The molecular weight excluding hydrogens is 480 g/mol. The van der Waals surface area contributed by atoms with Gasteiger partial charge in [0, 0.05) is 21.9 Å².